The Bertz CT molecular complexity index is 1950. The van der Waals surface area contributed by atoms with Crippen LogP contribution in [0.5, 0.6) is 0 Å². The number of allylic oxidation sites excluding steroid dienone is 2. The fourth-order valence-electron chi connectivity index (χ4n) is 8.20. The highest BCUT2D eigenvalue weighted by atomic mass is 127. The lowest BCUT2D eigenvalue weighted by Gasteiger charge is -2.39. The number of carbonyl (C=O) groups is 3. The Morgan fingerprint density at radius 2 is 0.913 bits per heavy atom. The van der Waals surface area contributed by atoms with Crippen molar-refractivity contribution in [2.24, 2.45) is 11.8 Å². The maximum absolute atomic E-state index is 15.9. The van der Waals surface area contributed by atoms with E-state index < -0.39 is 34.5 Å². The molecule has 224 valence electrons. The van der Waals surface area contributed by atoms with E-state index in [4.69, 9.17) is 23.2 Å². The molecule has 1 saturated carbocycles. The van der Waals surface area contributed by atoms with E-state index in [-0.39, 0.29) is 5.78 Å². The van der Waals surface area contributed by atoms with E-state index in [2.05, 4.69) is 22.6 Å². The number of rotatable bonds is 5. The zero-order valence-corrected chi connectivity index (χ0v) is 27.8. The summed E-state index contributed by atoms with van der Waals surface area (Å²) >= 11 is 15.0. The molecule has 0 spiro atoms. The highest BCUT2D eigenvalue weighted by Crippen LogP contribution is 2.74. The third-order valence-electron chi connectivity index (χ3n) is 9.80. The standard InChI is InChI=1S/C39H24Cl2INO3/c40-27-15-11-25(12-16-27)38-31(23-7-3-1-4-8-23)32(24-9-5-2-6-10-24)39(37(38)46,26-13-17-28(41)18-14-26)34-33(38)35(44)43(36(34)45)30-21-19-29(42)20-22-30/h1-22,33-34H/t33-,34-,38-,39-/m0/s1. The van der Waals surface area contributed by atoms with Crippen LogP contribution in [0.15, 0.2) is 133 Å². The number of carbonyl (C=O) groups excluding carboxylic acids is 3. The van der Waals surface area contributed by atoms with Crippen molar-refractivity contribution in [3.63, 3.8) is 0 Å². The van der Waals surface area contributed by atoms with E-state index in [1.165, 1.54) is 4.90 Å². The Morgan fingerprint density at radius 1 is 0.522 bits per heavy atom. The minimum absolute atomic E-state index is 0.193. The van der Waals surface area contributed by atoms with Crippen LogP contribution in [0.4, 0.5) is 5.69 Å². The molecule has 0 aromatic heterocycles. The Hall–Kier alpha value is -4.04. The molecule has 2 bridgehead atoms. The van der Waals surface area contributed by atoms with Crippen molar-refractivity contribution < 1.29 is 14.4 Å². The smallest absolute Gasteiger partial charge is 0.239 e. The first kappa shape index (κ1) is 29.4. The van der Waals surface area contributed by atoms with Crippen LogP contribution in [0.1, 0.15) is 22.3 Å². The second-order valence-corrected chi connectivity index (χ2v) is 14.0. The largest absolute Gasteiger partial charge is 0.297 e. The molecule has 0 unspecified atom stereocenters. The molecule has 5 aromatic carbocycles. The van der Waals surface area contributed by atoms with Crippen molar-refractivity contribution in [3.05, 3.63) is 169 Å². The molecule has 4 atom stereocenters. The molecule has 2 aliphatic carbocycles. The highest BCUT2D eigenvalue weighted by Gasteiger charge is 2.82. The zero-order valence-electron chi connectivity index (χ0n) is 24.2. The van der Waals surface area contributed by atoms with E-state index in [0.717, 1.165) is 25.8 Å². The fourth-order valence-corrected chi connectivity index (χ4v) is 8.81. The SMILES string of the molecule is O=C1[C@@H]2[C@@H](C(=O)N1c1ccc(I)cc1)[C@@]1(c3ccc(Cl)cc3)C(=O)[C@@]2(c2ccc(Cl)cc2)C(c2ccccc2)=C1c1ccccc1. The summed E-state index contributed by atoms with van der Waals surface area (Å²) in [6.45, 7) is 0. The number of imide groups is 1. The van der Waals surface area contributed by atoms with Crippen molar-refractivity contribution in [2.75, 3.05) is 4.90 Å². The van der Waals surface area contributed by atoms with Gasteiger partial charge in [-0.25, -0.2) is 4.90 Å². The second kappa shape index (κ2) is 10.8. The predicted molar refractivity (Wildman–Crippen MR) is 190 cm³/mol. The molecule has 5 aromatic rings. The normalized spacial score (nSPS) is 25.0. The predicted octanol–water partition coefficient (Wildman–Crippen LogP) is 8.79. The lowest BCUT2D eigenvalue weighted by atomic mass is 9.59. The first-order valence-electron chi connectivity index (χ1n) is 14.9. The number of ketones is 1. The van der Waals surface area contributed by atoms with Gasteiger partial charge in [0.05, 0.1) is 28.4 Å². The summed E-state index contributed by atoms with van der Waals surface area (Å²) in [5, 5.41) is 1.01. The molecule has 2 fully saturated rings. The number of hydrogen-bond donors (Lipinski definition) is 0. The monoisotopic (exact) mass is 751 g/mol. The minimum Gasteiger partial charge on any atom is -0.297 e. The lowest BCUT2D eigenvalue weighted by Crippen LogP contribution is -2.45. The van der Waals surface area contributed by atoms with Gasteiger partial charge in [0.25, 0.3) is 0 Å². The summed E-state index contributed by atoms with van der Waals surface area (Å²) in [5.74, 6) is -2.99. The second-order valence-electron chi connectivity index (χ2n) is 11.9. The van der Waals surface area contributed by atoms with Gasteiger partial charge < -0.3 is 0 Å². The Morgan fingerprint density at radius 3 is 1.30 bits per heavy atom. The third kappa shape index (κ3) is 3.82. The zero-order chi connectivity index (χ0) is 31.8. The highest BCUT2D eigenvalue weighted by molar-refractivity contribution is 14.1. The maximum atomic E-state index is 15.9. The van der Waals surface area contributed by atoms with Crippen molar-refractivity contribution >= 4 is 80.2 Å². The van der Waals surface area contributed by atoms with Crippen LogP contribution in [0.2, 0.25) is 10.0 Å². The summed E-state index contributed by atoms with van der Waals surface area (Å²) in [6.07, 6.45) is 0. The molecule has 1 saturated heterocycles. The van der Waals surface area contributed by atoms with Crippen LogP contribution in [-0.2, 0) is 25.2 Å². The van der Waals surface area contributed by atoms with Crippen molar-refractivity contribution in [3.8, 4) is 0 Å². The van der Waals surface area contributed by atoms with Gasteiger partial charge in [-0.2, -0.15) is 0 Å². The molecule has 3 aliphatic rings. The van der Waals surface area contributed by atoms with E-state index in [1.807, 2.05) is 97.1 Å². The van der Waals surface area contributed by atoms with Gasteiger partial charge in [-0.1, -0.05) is 108 Å². The van der Waals surface area contributed by atoms with Gasteiger partial charge in [0.2, 0.25) is 11.8 Å². The van der Waals surface area contributed by atoms with Crippen molar-refractivity contribution in [2.45, 2.75) is 10.8 Å². The average molecular weight is 752 g/mol. The van der Waals surface area contributed by atoms with Gasteiger partial charge in [0, 0.05) is 13.6 Å². The van der Waals surface area contributed by atoms with Gasteiger partial charge in [-0.15, -0.1) is 0 Å². The Kier molecular flexibility index (Phi) is 6.87. The average Bonchev–Trinajstić information content (AvgIpc) is 3.58. The quantitative estimate of drug-likeness (QED) is 0.133. The van der Waals surface area contributed by atoms with E-state index >= 15 is 4.79 Å². The Balaban J connectivity index is 1.56. The number of amides is 2. The summed E-state index contributed by atoms with van der Waals surface area (Å²) < 4.78 is 0.977. The molecule has 1 heterocycles. The molecular formula is C39H24Cl2INO3. The van der Waals surface area contributed by atoms with E-state index in [9.17, 15) is 9.59 Å². The topological polar surface area (TPSA) is 54.5 Å². The molecular weight excluding hydrogens is 728 g/mol. The summed E-state index contributed by atoms with van der Waals surface area (Å²) in [4.78, 5) is 47.2. The van der Waals surface area contributed by atoms with Crippen molar-refractivity contribution in [1.82, 2.24) is 0 Å². The first-order chi connectivity index (χ1) is 22.3. The van der Waals surface area contributed by atoms with Gasteiger partial charge in [-0.05, 0) is 105 Å². The van der Waals surface area contributed by atoms with Crippen LogP contribution < -0.4 is 4.90 Å². The maximum Gasteiger partial charge on any atom is 0.239 e. The Labute approximate surface area is 289 Å². The van der Waals surface area contributed by atoms with Gasteiger partial charge in [0.15, 0.2) is 5.78 Å². The molecule has 8 rings (SSSR count). The lowest BCUT2D eigenvalue weighted by molar-refractivity contribution is -0.130. The minimum atomic E-state index is -1.49. The summed E-state index contributed by atoms with van der Waals surface area (Å²) in [5.41, 5.74) is 1.83. The number of hydrogen-bond acceptors (Lipinski definition) is 3. The first-order valence-corrected chi connectivity index (χ1v) is 16.7. The van der Waals surface area contributed by atoms with Crippen LogP contribution in [0.25, 0.3) is 11.1 Å². The van der Waals surface area contributed by atoms with Crippen LogP contribution in [-0.4, -0.2) is 17.6 Å². The molecule has 0 radical (unpaired) electrons. The molecule has 1 aliphatic heterocycles. The van der Waals surface area contributed by atoms with Gasteiger partial charge in [0.1, 0.15) is 0 Å². The van der Waals surface area contributed by atoms with Crippen molar-refractivity contribution in [1.29, 1.82) is 0 Å². The number of anilines is 1. The number of nitrogens with zero attached hydrogens (tertiary/aromatic N) is 1. The van der Waals surface area contributed by atoms with E-state index in [0.29, 0.717) is 26.9 Å². The molecule has 46 heavy (non-hydrogen) atoms. The van der Waals surface area contributed by atoms with Gasteiger partial charge >= 0.3 is 0 Å². The number of fused-ring (bicyclic) bond motifs is 5. The summed E-state index contributed by atoms with van der Waals surface area (Å²) in [7, 11) is 0. The third-order valence-corrected chi connectivity index (χ3v) is 11.0. The number of benzene rings is 5. The summed E-state index contributed by atoms with van der Waals surface area (Å²) in [6, 6.07) is 41.1. The molecule has 2 amide bonds. The number of halogens is 3. The molecule has 0 N–H and O–H groups in total. The van der Waals surface area contributed by atoms with Crippen LogP contribution in [0.3, 0.4) is 0 Å². The van der Waals surface area contributed by atoms with Gasteiger partial charge in [-0.3, -0.25) is 14.4 Å². The molecule has 7 heteroatoms. The van der Waals surface area contributed by atoms with E-state index in [1.54, 1.807) is 36.4 Å². The fraction of sp³-hybridized carbons (Fsp3) is 0.103. The number of Topliss-reactive ketones (excluding diaryl/α,β-unsaturated/α-hetero) is 1. The van der Waals surface area contributed by atoms with Crippen LogP contribution in [0, 0.1) is 15.4 Å². The van der Waals surface area contributed by atoms with Crippen LogP contribution >= 0.6 is 45.8 Å². The molecule has 4 nitrogen and oxygen atoms in total.